The molecule has 3 aromatic rings. The minimum atomic E-state index is -0.660. The Morgan fingerprint density at radius 3 is 2.57 bits per heavy atom. The molecule has 1 aromatic heterocycles. The van der Waals surface area contributed by atoms with Gasteiger partial charge < -0.3 is 14.8 Å². The largest absolute Gasteiger partial charge is 0.493 e. The van der Waals surface area contributed by atoms with Crippen LogP contribution in [0.2, 0.25) is 0 Å². The van der Waals surface area contributed by atoms with Gasteiger partial charge in [-0.1, -0.05) is 0 Å². The second-order valence-corrected chi connectivity index (χ2v) is 6.69. The van der Waals surface area contributed by atoms with E-state index >= 15 is 0 Å². The first kappa shape index (κ1) is 19.8. The molecule has 2 aromatic carbocycles. The molecule has 0 unspecified atom stereocenters. The third-order valence-electron chi connectivity index (χ3n) is 3.80. The average Bonchev–Trinajstić information content (AvgIpc) is 3.16. The fourth-order valence-electron chi connectivity index (χ4n) is 2.54. The van der Waals surface area contributed by atoms with Gasteiger partial charge in [0, 0.05) is 23.6 Å². The normalized spacial score (nSPS) is 10.6. The summed E-state index contributed by atoms with van der Waals surface area (Å²) in [6, 6.07) is 8.44. The Bertz CT molecular complexity index is 971. The minimum Gasteiger partial charge on any atom is -0.493 e. The summed E-state index contributed by atoms with van der Waals surface area (Å²) in [4.78, 5) is 16.2. The number of carbonyl (C=O) groups is 1. The predicted octanol–water partition coefficient (Wildman–Crippen LogP) is 4.43. The molecule has 0 aliphatic rings. The van der Waals surface area contributed by atoms with Crippen molar-refractivity contribution in [3.05, 3.63) is 64.7 Å². The Morgan fingerprint density at radius 2 is 1.89 bits per heavy atom. The molecular weight excluding hydrogens is 386 g/mol. The molecule has 1 heterocycles. The number of carbonyl (C=O) groups excluding carboxylic acids is 1. The van der Waals surface area contributed by atoms with Crippen LogP contribution in [0.15, 0.2) is 41.8 Å². The van der Waals surface area contributed by atoms with Gasteiger partial charge in [0.2, 0.25) is 0 Å². The van der Waals surface area contributed by atoms with E-state index in [4.69, 9.17) is 9.47 Å². The lowest BCUT2D eigenvalue weighted by molar-refractivity contribution is 0.0951. The minimum absolute atomic E-state index is 0.0109. The van der Waals surface area contributed by atoms with Crippen LogP contribution >= 0.6 is 11.3 Å². The van der Waals surface area contributed by atoms with Crippen molar-refractivity contribution in [3.8, 4) is 22.1 Å². The van der Waals surface area contributed by atoms with Gasteiger partial charge in [0.05, 0.1) is 7.11 Å². The molecule has 0 radical (unpaired) electrons. The molecule has 0 saturated heterocycles. The van der Waals surface area contributed by atoms with Crippen LogP contribution in [0.25, 0.3) is 10.6 Å². The van der Waals surface area contributed by atoms with Gasteiger partial charge in [-0.2, -0.15) is 0 Å². The average molecular weight is 404 g/mol. The number of hydrogen-bond donors (Lipinski definition) is 1. The predicted molar refractivity (Wildman–Crippen MR) is 103 cm³/mol. The number of amides is 1. The van der Waals surface area contributed by atoms with Crippen molar-refractivity contribution >= 4 is 17.2 Å². The highest BCUT2D eigenvalue weighted by Crippen LogP contribution is 2.34. The van der Waals surface area contributed by atoms with E-state index in [1.165, 1.54) is 30.6 Å². The van der Waals surface area contributed by atoms with E-state index in [0.29, 0.717) is 34.3 Å². The van der Waals surface area contributed by atoms with Crippen LogP contribution < -0.4 is 14.8 Å². The van der Waals surface area contributed by atoms with Crippen LogP contribution in [0, 0.1) is 11.6 Å². The quantitative estimate of drug-likeness (QED) is 0.633. The zero-order chi connectivity index (χ0) is 20.1. The summed E-state index contributed by atoms with van der Waals surface area (Å²) >= 11 is 1.34. The number of thiazole rings is 1. The fraction of sp³-hybridized carbons (Fsp3) is 0.200. The van der Waals surface area contributed by atoms with E-state index in [9.17, 15) is 13.6 Å². The summed E-state index contributed by atoms with van der Waals surface area (Å²) in [6.07, 6.45) is 0. The molecule has 0 spiro atoms. The molecule has 3 rings (SSSR count). The van der Waals surface area contributed by atoms with Gasteiger partial charge in [-0.15, -0.1) is 11.3 Å². The summed E-state index contributed by atoms with van der Waals surface area (Å²) in [5.41, 5.74) is 1.49. The van der Waals surface area contributed by atoms with E-state index in [0.717, 1.165) is 11.6 Å². The number of ether oxygens (including phenoxy) is 2. The van der Waals surface area contributed by atoms with Gasteiger partial charge >= 0.3 is 0 Å². The highest BCUT2D eigenvalue weighted by molar-refractivity contribution is 7.13. The number of rotatable bonds is 7. The number of halogens is 2. The van der Waals surface area contributed by atoms with Gasteiger partial charge in [0.1, 0.15) is 28.9 Å². The highest BCUT2D eigenvalue weighted by atomic mass is 32.1. The van der Waals surface area contributed by atoms with Crippen molar-refractivity contribution < 1.29 is 23.0 Å². The Balaban J connectivity index is 1.77. The molecule has 8 heteroatoms. The summed E-state index contributed by atoms with van der Waals surface area (Å²) in [5, 5.41) is 5.06. The molecule has 0 saturated carbocycles. The Hall–Kier alpha value is -3.00. The molecule has 0 aliphatic carbocycles. The van der Waals surface area contributed by atoms with Crippen LogP contribution in [-0.2, 0) is 6.61 Å². The molecule has 5 nitrogen and oxygen atoms in total. The van der Waals surface area contributed by atoms with E-state index in [1.807, 2.05) is 6.92 Å². The zero-order valence-corrected chi connectivity index (χ0v) is 16.1. The molecule has 1 amide bonds. The lowest BCUT2D eigenvalue weighted by atomic mass is 10.2. The lowest BCUT2D eigenvalue weighted by Crippen LogP contribution is -2.22. The van der Waals surface area contributed by atoms with Gasteiger partial charge in [0.15, 0.2) is 11.5 Å². The van der Waals surface area contributed by atoms with E-state index in [1.54, 1.807) is 23.6 Å². The first-order chi connectivity index (χ1) is 13.5. The molecule has 0 aliphatic heterocycles. The van der Waals surface area contributed by atoms with Crippen LogP contribution in [0.5, 0.6) is 11.5 Å². The van der Waals surface area contributed by atoms with Crippen molar-refractivity contribution in [2.24, 2.45) is 0 Å². The number of aromatic nitrogens is 1. The standard InChI is InChI=1S/C20H18F2N2O3S/c1-3-23-19(25)16-11-28-20(24-16)13-4-5-17(18(8-13)26-2)27-10-12-6-14(21)9-15(22)7-12/h4-9,11H,3,10H2,1-2H3,(H,23,25). The lowest BCUT2D eigenvalue weighted by Gasteiger charge is -2.12. The van der Waals surface area contributed by atoms with Gasteiger partial charge in [-0.05, 0) is 42.8 Å². The molecule has 0 bridgehead atoms. The third-order valence-corrected chi connectivity index (χ3v) is 4.69. The Labute approximate surface area is 164 Å². The zero-order valence-electron chi connectivity index (χ0n) is 15.3. The number of methoxy groups -OCH3 is 1. The molecule has 0 fully saturated rings. The maximum Gasteiger partial charge on any atom is 0.270 e. The van der Waals surface area contributed by atoms with Gasteiger partial charge in [0.25, 0.3) is 5.91 Å². The highest BCUT2D eigenvalue weighted by Gasteiger charge is 2.14. The molecule has 1 N–H and O–H groups in total. The molecule has 28 heavy (non-hydrogen) atoms. The van der Waals surface area contributed by atoms with Crippen molar-refractivity contribution in [2.45, 2.75) is 13.5 Å². The van der Waals surface area contributed by atoms with Crippen LogP contribution in [0.4, 0.5) is 8.78 Å². The van der Waals surface area contributed by atoms with E-state index in [-0.39, 0.29) is 12.5 Å². The van der Waals surface area contributed by atoms with E-state index < -0.39 is 11.6 Å². The molecule has 146 valence electrons. The first-order valence-corrected chi connectivity index (χ1v) is 9.38. The number of nitrogens with zero attached hydrogens (tertiary/aromatic N) is 1. The second kappa shape index (κ2) is 8.79. The maximum absolute atomic E-state index is 13.3. The maximum atomic E-state index is 13.3. The topological polar surface area (TPSA) is 60.5 Å². The number of nitrogens with one attached hydrogen (secondary N) is 1. The van der Waals surface area contributed by atoms with Crippen molar-refractivity contribution in [3.63, 3.8) is 0 Å². The Morgan fingerprint density at radius 1 is 1.14 bits per heavy atom. The molecule has 0 atom stereocenters. The van der Waals surface area contributed by atoms with Gasteiger partial charge in [-0.3, -0.25) is 4.79 Å². The first-order valence-electron chi connectivity index (χ1n) is 8.50. The summed E-state index contributed by atoms with van der Waals surface area (Å²) in [6.45, 7) is 2.36. The third kappa shape index (κ3) is 4.64. The van der Waals surface area contributed by atoms with Crippen molar-refractivity contribution in [2.75, 3.05) is 13.7 Å². The summed E-state index contributed by atoms with van der Waals surface area (Å²) in [5.74, 6) is -0.667. The van der Waals surface area contributed by atoms with Crippen molar-refractivity contribution in [1.82, 2.24) is 10.3 Å². The molecular formula is C20H18F2N2O3S. The SMILES string of the molecule is CCNC(=O)c1csc(-c2ccc(OCc3cc(F)cc(F)c3)c(OC)c2)n1. The van der Waals surface area contributed by atoms with Crippen molar-refractivity contribution in [1.29, 1.82) is 0 Å². The number of hydrogen-bond acceptors (Lipinski definition) is 5. The van der Waals surface area contributed by atoms with Crippen LogP contribution in [0.3, 0.4) is 0 Å². The second-order valence-electron chi connectivity index (χ2n) is 5.83. The number of benzene rings is 2. The Kier molecular flexibility index (Phi) is 6.20. The van der Waals surface area contributed by atoms with Crippen LogP contribution in [-0.4, -0.2) is 24.5 Å². The van der Waals surface area contributed by atoms with E-state index in [2.05, 4.69) is 10.3 Å². The fourth-order valence-corrected chi connectivity index (χ4v) is 3.33. The smallest absolute Gasteiger partial charge is 0.270 e. The monoisotopic (exact) mass is 404 g/mol. The van der Waals surface area contributed by atoms with Gasteiger partial charge in [-0.25, -0.2) is 13.8 Å². The summed E-state index contributed by atoms with van der Waals surface area (Å²) < 4.78 is 37.6. The summed E-state index contributed by atoms with van der Waals surface area (Å²) in [7, 11) is 1.50. The van der Waals surface area contributed by atoms with Crippen LogP contribution in [0.1, 0.15) is 23.0 Å².